The van der Waals surface area contributed by atoms with Crippen molar-refractivity contribution >= 4 is 50.1 Å². The van der Waals surface area contributed by atoms with E-state index >= 15 is 0 Å². The Morgan fingerprint density at radius 1 is 0.460 bits per heavy atom. The van der Waals surface area contributed by atoms with E-state index in [9.17, 15) is 60.0 Å². The Hall–Kier alpha value is -4.50. The number of para-hydroxylation sites is 4. The van der Waals surface area contributed by atoms with Crippen molar-refractivity contribution in [2.75, 3.05) is 0 Å². The van der Waals surface area contributed by atoms with Gasteiger partial charge in [-0.3, -0.25) is 0 Å². The molecule has 0 aromatic heterocycles. The van der Waals surface area contributed by atoms with Crippen LogP contribution in [0.15, 0.2) is 97.1 Å². The molecule has 0 atom stereocenters. The number of aromatic carboxylic acids is 4. The fourth-order valence-electron chi connectivity index (χ4n) is 2.56. The van der Waals surface area contributed by atoms with Crippen LogP contribution in [0.2, 0.25) is 0 Å². The zero-order valence-electron chi connectivity index (χ0n) is 27.1. The molecular weight excluding hydrogens is 1020 g/mol. The van der Waals surface area contributed by atoms with Gasteiger partial charge in [0.15, 0.2) is 0 Å². The van der Waals surface area contributed by atoms with Crippen LogP contribution in [0.25, 0.3) is 0 Å². The summed E-state index contributed by atoms with van der Waals surface area (Å²) in [5, 5.41) is 98.6. The molecule has 0 aliphatic rings. The van der Waals surface area contributed by atoms with Crippen LogP contribution in [-0.2, 0) is 22.4 Å². The molecule has 0 unspecified atom stereocenters. The van der Waals surface area contributed by atoms with Gasteiger partial charge in [-0.05, 0) is 35.4 Å². The molecule has 14 nitrogen and oxygen atoms in total. The van der Waals surface area contributed by atoms with Gasteiger partial charge in [0, 0.05) is 59.7 Å². The van der Waals surface area contributed by atoms with Crippen molar-refractivity contribution in [1.82, 2.24) is 0 Å². The number of carboxylic acid groups (broad SMARTS) is 4. The molecule has 0 saturated heterocycles. The third-order valence-electron chi connectivity index (χ3n) is 4.46. The number of carbonyl (C=O) groups is 4. The topological polar surface area (TPSA) is 293 Å². The van der Waals surface area contributed by atoms with Gasteiger partial charge in [0.05, 0.1) is 23.9 Å². The number of carboxylic acids is 4. The van der Waals surface area contributed by atoms with E-state index in [2.05, 4.69) is 0 Å². The van der Waals surface area contributed by atoms with Gasteiger partial charge >= 0.3 is 0 Å². The first-order chi connectivity index (χ1) is 22.3. The van der Waals surface area contributed by atoms with Gasteiger partial charge in [0.2, 0.25) is 0 Å². The van der Waals surface area contributed by atoms with Crippen molar-refractivity contribution < 1.29 is 92.6 Å². The zero-order chi connectivity index (χ0) is 37.4. The number of benzene rings is 4. The second-order valence-corrected chi connectivity index (χ2v) is 9.27. The Kier molecular flexibility index (Phi) is 30.8. The van der Waals surface area contributed by atoms with Crippen LogP contribution in [0.5, 0.6) is 23.0 Å². The molecule has 0 heterocycles. The van der Waals surface area contributed by atoms with Gasteiger partial charge in [-0.25, -0.2) is 0 Å². The number of hydrogen-bond donors (Lipinski definition) is 2. The smallest absolute Gasteiger partial charge is 0.124 e. The molecule has 0 saturated carbocycles. The minimum atomic E-state index is -1.43. The average Bonchev–Trinajstić information content (AvgIpc) is 2.98. The van der Waals surface area contributed by atoms with Crippen LogP contribution >= 0.6 is 0 Å². The monoisotopic (exact) mass is 1050 g/mol. The molecule has 0 spiro atoms. The Morgan fingerprint density at radius 2 is 0.640 bits per heavy atom. The molecule has 2 N–H and O–H groups in total. The molecule has 270 valence electrons. The molecule has 4 rings (SSSR count). The van der Waals surface area contributed by atoms with Gasteiger partial charge in [-0.15, -0.1) is 12.2 Å². The number of carbonyl (C=O) groups excluding carboxylic acids is 4. The summed E-state index contributed by atoms with van der Waals surface area (Å²) in [4.78, 5) is 40.5. The van der Waals surface area contributed by atoms with Crippen molar-refractivity contribution in [2.45, 2.75) is 39.9 Å². The van der Waals surface area contributed by atoms with Crippen molar-refractivity contribution in [1.29, 1.82) is 0 Å². The molecule has 4 aromatic carbocycles. The van der Waals surface area contributed by atoms with Crippen LogP contribution in [0, 0.1) is 0 Å². The summed E-state index contributed by atoms with van der Waals surface area (Å²) in [6.07, 6.45) is -0.833. The molecule has 0 fully saturated rings. The minimum absolute atomic E-state index is 0. The molecule has 4 radical (unpaired) electrons. The Bertz CT molecular complexity index is 1350. The van der Waals surface area contributed by atoms with E-state index in [4.69, 9.17) is 10.2 Å². The number of aromatic hydroxyl groups is 2. The summed E-state index contributed by atoms with van der Waals surface area (Å²) in [5.41, 5.74) is -0.935. The van der Waals surface area contributed by atoms with Gasteiger partial charge in [0.25, 0.3) is 0 Å². The van der Waals surface area contributed by atoms with Crippen LogP contribution in [0.4, 0.5) is 0 Å². The Balaban J connectivity index is -0.000000260. The second-order valence-electron chi connectivity index (χ2n) is 9.27. The fraction of sp³-hybridized carbons (Fsp3) is 0.176. The number of phenols is 2. The molecule has 0 bridgehead atoms. The van der Waals surface area contributed by atoms with E-state index in [0.717, 1.165) is 0 Å². The van der Waals surface area contributed by atoms with Crippen LogP contribution in [0.3, 0.4) is 0 Å². The van der Waals surface area contributed by atoms with Gasteiger partial charge < -0.3 is 70.2 Å². The summed E-state index contributed by atoms with van der Waals surface area (Å²) in [5.74, 6) is -7.12. The predicted octanol–water partition coefficient (Wildman–Crippen LogP) is -3.11. The molecule has 0 aliphatic carbocycles. The summed E-state index contributed by atoms with van der Waals surface area (Å²) >= 11 is 0. The number of rotatable bonds is 4. The van der Waals surface area contributed by atoms with E-state index in [1.165, 1.54) is 84.9 Å². The average molecular weight is 1050 g/mol. The second kappa shape index (κ2) is 29.4. The molecule has 16 heteroatoms. The van der Waals surface area contributed by atoms with Crippen LogP contribution in [0.1, 0.15) is 69.1 Å². The first-order valence-corrected chi connectivity index (χ1v) is 13.6. The maximum absolute atomic E-state index is 10.6. The number of hydrogen-bond acceptors (Lipinski definition) is 14. The van der Waals surface area contributed by atoms with E-state index in [-0.39, 0.29) is 82.3 Å². The van der Waals surface area contributed by atoms with Crippen molar-refractivity contribution in [2.24, 2.45) is 0 Å². The quantitative estimate of drug-likeness (QED) is 0.192. The normalized spacial score (nSPS) is 8.80. The van der Waals surface area contributed by atoms with Crippen molar-refractivity contribution in [3.63, 3.8) is 0 Å². The van der Waals surface area contributed by atoms with Crippen LogP contribution in [-0.4, -0.2) is 72.5 Å². The molecule has 4 aromatic rings. The van der Waals surface area contributed by atoms with Gasteiger partial charge in [0.1, 0.15) is 11.5 Å². The fourth-order valence-corrected chi connectivity index (χ4v) is 2.56. The standard InChI is InChI=1S/4C7H6O3.2C3H7O.Bi.Ta/c4*8-6-4-2-1-3-5(6)7(9)10;2*1-3(2)4;;/h4*1-4,8H,(H,9,10);2*3H,1-2H3;;/q;;;;2*-1;;/p-6. The van der Waals surface area contributed by atoms with Gasteiger partial charge in [-0.1, -0.05) is 112 Å². The van der Waals surface area contributed by atoms with Crippen molar-refractivity contribution in [3.8, 4) is 23.0 Å². The predicted molar refractivity (Wildman–Crippen MR) is 161 cm³/mol. The van der Waals surface area contributed by atoms with Crippen molar-refractivity contribution in [3.05, 3.63) is 119 Å². The minimum Gasteiger partial charge on any atom is -0.872 e. The van der Waals surface area contributed by atoms with E-state index < -0.39 is 47.6 Å². The Morgan fingerprint density at radius 3 is 0.780 bits per heavy atom. The third-order valence-corrected chi connectivity index (χ3v) is 4.46. The zero-order valence-corrected chi connectivity index (χ0v) is 33.8. The van der Waals surface area contributed by atoms with E-state index in [1.54, 1.807) is 39.8 Å². The summed E-state index contributed by atoms with van der Waals surface area (Å²) in [7, 11) is 0. The molecule has 50 heavy (non-hydrogen) atoms. The first-order valence-electron chi connectivity index (χ1n) is 13.6. The molecular formula is C34H32BiO14Ta-8. The molecule has 0 amide bonds. The van der Waals surface area contributed by atoms with Crippen LogP contribution < -0.4 is 40.9 Å². The maximum Gasteiger partial charge on any atom is 0.124 e. The van der Waals surface area contributed by atoms with E-state index in [0.29, 0.717) is 0 Å². The van der Waals surface area contributed by atoms with E-state index in [1.807, 2.05) is 0 Å². The summed E-state index contributed by atoms with van der Waals surface area (Å²) < 4.78 is 0. The first kappa shape index (κ1) is 52.3. The maximum atomic E-state index is 10.6. The third kappa shape index (κ3) is 25.5. The SMILES string of the molecule is CC(C)[O-].CC(C)[O-].O=C([O-])c1ccccc1O.O=C([O-])c1ccccc1O.O=C([O-])c1ccccc1[O-].O=C([O-])c1ccccc1[O-].[Bi].[Ta]. The Labute approximate surface area is 323 Å². The molecule has 0 aliphatic heterocycles. The largest absolute Gasteiger partial charge is 0.872 e. The van der Waals surface area contributed by atoms with Gasteiger partial charge in [-0.2, -0.15) is 0 Å². The summed E-state index contributed by atoms with van der Waals surface area (Å²) in [6.45, 7) is 6.44. The summed E-state index contributed by atoms with van der Waals surface area (Å²) in [6, 6.07) is 22.0.